The molecule has 0 spiro atoms. The Morgan fingerprint density at radius 2 is 1.11 bits per heavy atom. The van der Waals surface area contributed by atoms with Gasteiger partial charge in [0, 0.05) is 27.6 Å². The van der Waals surface area contributed by atoms with Gasteiger partial charge in [-0.05, 0) is 128 Å². The quantitative estimate of drug-likeness (QED) is 0.150. The highest BCUT2D eigenvalue weighted by molar-refractivity contribution is 6.10. The van der Waals surface area contributed by atoms with E-state index >= 15 is 0 Å². The van der Waals surface area contributed by atoms with Crippen LogP contribution in [-0.2, 0) is 10.8 Å². The summed E-state index contributed by atoms with van der Waals surface area (Å²) < 4.78 is 0. The van der Waals surface area contributed by atoms with Crippen molar-refractivity contribution in [1.82, 2.24) is 0 Å². The lowest BCUT2D eigenvalue weighted by Gasteiger charge is -2.30. The molecule has 1 heteroatoms. The molecule has 7 aromatic carbocycles. The van der Waals surface area contributed by atoms with E-state index in [1.54, 1.807) is 0 Å². The van der Waals surface area contributed by atoms with Crippen molar-refractivity contribution >= 4 is 33.4 Å². The summed E-state index contributed by atoms with van der Waals surface area (Å²) in [5.41, 5.74) is 19.3. The Balaban J connectivity index is 1.26. The van der Waals surface area contributed by atoms with E-state index in [-0.39, 0.29) is 10.8 Å². The van der Waals surface area contributed by atoms with E-state index in [1.807, 2.05) is 0 Å². The zero-order valence-electron chi connectivity index (χ0n) is 32.2. The molecular weight excluding hydrogens is 651 g/mol. The maximum atomic E-state index is 2.54. The average molecular weight is 698 g/mol. The SMILES string of the molecule is C/C=C\C(=C/CC)c1ccc(N(c2ccc(-c3ccccc3)cc2)c2cc3c(c4ccccc24)-c2cc4c(cc2C3(C)C)-c2ccccc2C4(C)C)cc1. The lowest BCUT2D eigenvalue weighted by molar-refractivity contribution is 0.652. The third-order valence-electron chi connectivity index (χ3n) is 12.1. The van der Waals surface area contributed by atoms with Gasteiger partial charge in [0.1, 0.15) is 0 Å². The van der Waals surface area contributed by atoms with Crippen molar-refractivity contribution in [3.05, 3.63) is 192 Å². The summed E-state index contributed by atoms with van der Waals surface area (Å²) in [6.45, 7) is 13.9. The van der Waals surface area contributed by atoms with Crippen LogP contribution in [0.25, 0.3) is 49.7 Å². The number of rotatable bonds is 7. The Morgan fingerprint density at radius 3 is 1.81 bits per heavy atom. The van der Waals surface area contributed by atoms with Crippen molar-refractivity contribution in [2.24, 2.45) is 0 Å². The fourth-order valence-corrected chi connectivity index (χ4v) is 9.29. The molecule has 1 nitrogen and oxygen atoms in total. The highest BCUT2D eigenvalue weighted by atomic mass is 15.1. The zero-order valence-corrected chi connectivity index (χ0v) is 32.2. The predicted octanol–water partition coefficient (Wildman–Crippen LogP) is 15.0. The lowest BCUT2D eigenvalue weighted by atomic mass is 9.79. The van der Waals surface area contributed by atoms with Crippen LogP contribution in [0.5, 0.6) is 0 Å². The van der Waals surface area contributed by atoms with Gasteiger partial charge in [0.05, 0.1) is 5.69 Å². The van der Waals surface area contributed by atoms with Crippen LogP contribution < -0.4 is 4.90 Å². The first-order chi connectivity index (χ1) is 26.2. The van der Waals surface area contributed by atoms with Crippen molar-refractivity contribution in [2.45, 2.75) is 58.8 Å². The van der Waals surface area contributed by atoms with Crippen LogP contribution in [0.3, 0.4) is 0 Å². The zero-order chi connectivity index (χ0) is 37.2. The number of anilines is 3. The van der Waals surface area contributed by atoms with Gasteiger partial charge in [0.15, 0.2) is 0 Å². The summed E-state index contributed by atoms with van der Waals surface area (Å²) >= 11 is 0. The van der Waals surface area contributed by atoms with E-state index in [4.69, 9.17) is 0 Å². The minimum Gasteiger partial charge on any atom is -0.310 e. The van der Waals surface area contributed by atoms with Gasteiger partial charge >= 0.3 is 0 Å². The maximum absolute atomic E-state index is 2.54. The van der Waals surface area contributed by atoms with Crippen LogP contribution >= 0.6 is 0 Å². The van der Waals surface area contributed by atoms with Gasteiger partial charge in [-0.15, -0.1) is 0 Å². The lowest BCUT2D eigenvalue weighted by Crippen LogP contribution is -2.18. The van der Waals surface area contributed by atoms with Gasteiger partial charge in [-0.3, -0.25) is 0 Å². The molecule has 0 saturated heterocycles. The first kappa shape index (κ1) is 33.9. The summed E-state index contributed by atoms with van der Waals surface area (Å²) in [6.07, 6.45) is 7.63. The molecule has 9 rings (SSSR count). The first-order valence-corrected chi connectivity index (χ1v) is 19.5. The van der Waals surface area contributed by atoms with Gasteiger partial charge < -0.3 is 4.90 Å². The van der Waals surface area contributed by atoms with Gasteiger partial charge in [-0.25, -0.2) is 0 Å². The molecule has 0 bridgehead atoms. The van der Waals surface area contributed by atoms with Crippen LogP contribution in [-0.4, -0.2) is 0 Å². The molecule has 264 valence electrons. The van der Waals surface area contributed by atoms with Crippen LogP contribution in [0.1, 0.15) is 75.8 Å². The van der Waals surface area contributed by atoms with E-state index in [2.05, 4.69) is 210 Å². The topological polar surface area (TPSA) is 3.24 Å². The van der Waals surface area contributed by atoms with E-state index in [0.717, 1.165) is 17.8 Å². The molecule has 54 heavy (non-hydrogen) atoms. The number of fused-ring (bicyclic) bond motifs is 8. The molecule has 0 unspecified atom stereocenters. The summed E-state index contributed by atoms with van der Waals surface area (Å²) in [6, 6.07) is 54.5. The van der Waals surface area contributed by atoms with E-state index in [1.165, 1.54) is 83.2 Å². The molecule has 0 fully saturated rings. The molecule has 2 aliphatic carbocycles. The number of hydrogen-bond donors (Lipinski definition) is 0. The molecule has 0 atom stereocenters. The molecule has 2 aliphatic rings. The highest BCUT2D eigenvalue weighted by Crippen LogP contribution is 2.58. The first-order valence-electron chi connectivity index (χ1n) is 19.5. The normalized spacial score (nSPS) is 14.9. The van der Waals surface area contributed by atoms with Gasteiger partial charge in [-0.2, -0.15) is 0 Å². The molecule has 0 amide bonds. The largest absolute Gasteiger partial charge is 0.310 e. The van der Waals surface area contributed by atoms with Crippen molar-refractivity contribution in [3.63, 3.8) is 0 Å². The molecular formula is C53H47N. The summed E-state index contributed by atoms with van der Waals surface area (Å²) in [4.78, 5) is 2.47. The monoisotopic (exact) mass is 697 g/mol. The van der Waals surface area contributed by atoms with Crippen molar-refractivity contribution < 1.29 is 0 Å². The van der Waals surface area contributed by atoms with Crippen molar-refractivity contribution in [3.8, 4) is 33.4 Å². The second-order valence-electron chi connectivity index (χ2n) is 16.0. The highest BCUT2D eigenvalue weighted by Gasteiger charge is 2.42. The minimum atomic E-state index is -0.195. The van der Waals surface area contributed by atoms with Crippen LogP contribution in [0.15, 0.2) is 164 Å². The second-order valence-corrected chi connectivity index (χ2v) is 16.0. The summed E-state index contributed by atoms with van der Waals surface area (Å²) in [5.74, 6) is 0. The van der Waals surface area contributed by atoms with Crippen molar-refractivity contribution in [1.29, 1.82) is 0 Å². The number of allylic oxidation sites excluding steroid dienone is 4. The van der Waals surface area contributed by atoms with E-state index in [0.29, 0.717) is 0 Å². The maximum Gasteiger partial charge on any atom is 0.0543 e. The number of hydrogen-bond acceptors (Lipinski definition) is 1. The molecule has 0 aliphatic heterocycles. The van der Waals surface area contributed by atoms with E-state index in [9.17, 15) is 0 Å². The summed E-state index contributed by atoms with van der Waals surface area (Å²) in [5, 5.41) is 2.55. The number of nitrogens with zero attached hydrogens (tertiary/aromatic N) is 1. The fraction of sp³-hybridized carbons (Fsp3) is 0.170. The Morgan fingerprint density at radius 1 is 0.537 bits per heavy atom. The Hall–Kier alpha value is -5.92. The fourth-order valence-electron chi connectivity index (χ4n) is 9.29. The summed E-state index contributed by atoms with van der Waals surface area (Å²) in [7, 11) is 0. The molecule has 7 aromatic rings. The average Bonchev–Trinajstić information content (AvgIpc) is 3.57. The Labute approximate surface area is 321 Å². The number of benzene rings is 7. The van der Waals surface area contributed by atoms with Crippen LogP contribution in [0.2, 0.25) is 0 Å². The van der Waals surface area contributed by atoms with Gasteiger partial charge in [0.2, 0.25) is 0 Å². The van der Waals surface area contributed by atoms with E-state index < -0.39 is 0 Å². The molecule has 0 saturated carbocycles. The van der Waals surface area contributed by atoms with Gasteiger partial charge in [0.25, 0.3) is 0 Å². The van der Waals surface area contributed by atoms with Gasteiger partial charge in [-0.1, -0.05) is 156 Å². The standard InChI is InChI=1S/C53H47N/c1-7-16-35(17-8-2)37-24-28-39(29-25-37)54(40-30-26-38(27-31-40)36-18-10-9-11-19-36)50-34-49-51(43-22-13-12-21-42(43)50)45-33-47-44(32-48(45)53(49,5)6)41-20-14-15-23-46(41)52(47,3)4/h7,9-34H,8H2,1-6H3/b16-7-,35-17+. The predicted molar refractivity (Wildman–Crippen MR) is 232 cm³/mol. The third-order valence-corrected chi connectivity index (χ3v) is 12.1. The Bertz CT molecular complexity index is 2620. The molecule has 0 N–H and O–H groups in total. The molecule has 0 radical (unpaired) electrons. The van der Waals surface area contributed by atoms with Crippen LogP contribution in [0, 0.1) is 0 Å². The minimum absolute atomic E-state index is 0.0580. The Kier molecular flexibility index (Phi) is 8.09. The van der Waals surface area contributed by atoms with Crippen LogP contribution in [0.4, 0.5) is 17.1 Å². The molecule has 0 heterocycles. The van der Waals surface area contributed by atoms with Crippen molar-refractivity contribution in [2.75, 3.05) is 4.90 Å². The molecule has 0 aromatic heterocycles. The second kappa shape index (κ2) is 12.9. The smallest absolute Gasteiger partial charge is 0.0543 e. The third kappa shape index (κ3) is 5.21.